The fourth-order valence-electron chi connectivity index (χ4n) is 8.40. The second-order valence-corrected chi connectivity index (χ2v) is 20.1. The number of ether oxygens (including phenoxy) is 5. The van der Waals surface area contributed by atoms with Crippen LogP contribution in [0.2, 0.25) is 0 Å². The van der Waals surface area contributed by atoms with Crippen LogP contribution >= 0.6 is 39.1 Å². The molecule has 0 aliphatic carbocycles. The van der Waals surface area contributed by atoms with Gasteiger partial charge >= 0.3 is 103 Å². The van der Waals surface area contributed by atoms with Gasteiger partial charge in [0.25, 0.3) is 6.47 Å². The molecule has 0 amide bonds. The molecule has 0 radical (unpaired) electrons. The smallest absolute Gasteiger partial charge is 1.00 e. The van der Waals surface area contributed by atoms with Gasteiger partial charge in [-0.3, -0.25) is 19.2 Å². The van der Waals surface area contributed by atoms with Crippen molar-refractivity contribution >= 4 is 84.9 Å². The van der Waals surface area contributed by atoms with Crippen molar-refractivity contribution in [3.63, 3.8) is 0 Å². The zero-order chi connectivity index (χ0) is 68.9. The molecular weight excluding hydrogens is 1280 g/mol. The van der Waals surface area contributed by atoms with Crippen LogP contribution in [-0.2, 0) is 9.68 Å². The Kier molecular flexibility index (Phi) is 32.7. The van der Waals surface area contributed by atoms with Crippen LogP contribution in [-0.4, -0.2) is 128 Å². The number of fused-ring (bicyclic) bond motifs is 2. The summed E-state index contributed by atoms with van der Waals surface area (Å²) >= 11 is 14.0. The Bertz CT molecular complexity index is 3500. The summed E-state index contributed by atoms with van der Waals surface area (Å²) in [5.74, 6) is 0.844. The molecule has 0 spiro atoms. The zero-order valence-electron chi connectivity index (χ0n) is 58.4. The van der Waals surface area contributed by atoms with Crippen LogP contribution in [0.15, 0.2) is 100 Å². The molecule has 0 atom stereocenters. The summed E-state index contributed by atoms with van der Waals surface area (Å²) < 4.78 is 126. The number of ketones is 3. The third-order valence-electron chi connectivity index (χ3n) is 12.7. The average molecular weight is 1360 g/mol. The van der Waals surface area contributed by atoms with Crippen molar-refractivity contribution < 1.29 is 192 Å². The molecule has 0 unspecified atom stereocenters. The largest absolute Gasteiger partial charge is 1.00 e. The Morgan fingerprint density at radius 1 is 0.686 bits per heavy atom. The number of nitrogens with zero attached hydrogens (tertiary/aromatic N) is 3. The molecule has 5 aromatic carbocycles. The van der Waals surface area contributed by atoms with E-state index >= 15 is 0 Å². The molecule has 458 valence electrons. The van der Waals surface area contributed by atoms with Gasteiger partial charge in [-0.2, -0.15) is 0 Å². The summed E-state index contributed by atoms with van der Waals surface area (Å²) in [6.07, 6.45) is 6.45. The van der Waals surface area contributed by atoms with Gasteiger partial charge in [-0.25, -0.2) is 8.78 Å². The molecule has 9 rings (SSSR count). The molecular formula is C61H73BrCl2F2K2N4O14. The second kappa shape index (κ2) is 44.0. The normalized spacial score (nSPS) is 14.8. The number of hydrogen-bond acceptors (Lipinski definition) is 18. The van der Waals surface area contributed by atoms with E-state index < -0.39 is 21.1 Å². The number of halogens is 5. The molecule has 2 aliphatic heterocycles. The minimum absolute atomic E-state index is 0. The minimum Gasteiger partial charge on any atom is -1.00 e. The first kappa shape index (κ1) is 63.9. The number of phenolic OH excluding ortho intramolecular Hbond substituents is 1. The molecule has 4 heterocycles. The van der Waals surface area contributed by atoms with Gasteiger partial charge in [0.2, 0.25) is 0 Å². The standard InChI is InChI=1S/C24H27FN2O4.C12H15ClO3.C12H13FN2O.C9H10O3.C3H6BrCl.CH2O3.2K.H/c1-16(28)18-4-7-21(23(14-18)29-2)30-13-3-10-27-11-8-17(9-12-27)24-20-6-5-19(25)15-22(20)31-26-24;1-9(14)10-4-5-11(12(8-10)15-2)16-7-3-6-13;13-9-1-2-10-11(7-9)16-15-12(10)8-3-5-14-6-4-8;1-6(10)7-3-4-8(11)9(5-7)12-2;4-2-1-3-5;2-1-4-3;;;/h4-7,14-15,17H,3,8-13H2,1-2H3;4-5,8H,3,6-7H2,1-2H3;1-2,7-8,14H,3-6H2;3-5,11H,1-2H3;1-3H2;1,3H;;;/q;;;;;;2*+1;-1/p-1/i2*2D3;;2D3;;;;;. The third-order valence-corrected chi connectivity index (χ3v) is 13.8. The van der Waals surface area contributed by atoms with E-state index in [4.69, 9.17) is 73.6 Å². The van der Waals surface area contributed by atoms with E-state index in [2.05, 4.69) is 46.1 Å². The van der Waals surface area contributed by atoms with E-state index in [9.17, 15) is 28.3 Å². The first-order valence-corrected chi connectivity index (χ1v) is 28.6. The number of Topliss-reactive ketones (excluding diaryl/α,β-unsaturated/α-hetero) is 3. The van der Waals surface area contributed by atoms with Crippen molar-refractivity contribution in [1.82, 2.24) is 20.5 Å². The number of piperidine rings is 2. The van der Waals surface area contributed by atoms with E-state index in [0.29, 0.717) is 59.5 Å². The molecule has 2 saturated heterocycles. The molecule has 0 bridgehead atoms. The van der Waals surface area contributed by atoms with E-state index in [1.165, 1.54) is 81.4 Å². The second-order valence-electron chi connectivity index (χ2n) is 18.6. The third kappa shape index (κ3) is 26.5. The van der Waals surface area contributed by atoms with Crippen LogP contribution in [0.4, 0.5) is 8.78 Å². The van der Waals surface area contributed by atoms with Crippen LogP contribution in [0, 0.1) is 11.6 Å². The maximum atomic E-state index is 13.4. The molecule has 2 aromatic heterocycles. The molecule has 2 aliphatic rings. The number of aromatic hydroxyl groups is 1. The maximum Gasteiger partial charge on any atom is 1.00 e. The van der Waals surface area contributed by atoms with E-state index in [-0.39, 0.29) is 180 Å². The summed E-state index contributed by atoms with van der Waals surface area (Å²) in [4.78, 5) is 47.5. The van der Waals surface area contributed by atoms with Crippen molar-refractivity contribution in [1.29, 1.82) is 0 Å². The number of nitrogens with one attached hydrogen (secondary N) is 1. The zero-order valence-corrected chi connectivity index (χ0v) is 57.7. The fourth-order valence-corrected chi connectivity index (χ4v) is 9.25. The van der Waals surface area contributed by atoms with Crippen LogP contribution < -0.4 is 137 Å². The van der Waals surface area contributed by atoms with E-state index in [0.717, 1.165) is 105 Å². The first-order valence-electron chi connectivity index (χ1n) is 30.9. The van der Waals surface area contributed by atoms with Crippen LogP contribution in [0.25, 0.3) is 21.9 Å². The van der Waals surface area contributed by atoms with Crippen molar-refractivity contribution in [3.8, 4) is 34.5 Å². The van der Waals surface area contributed by atoms with E-state index in [1.54, 1.807) is 30.3 Å². The molecule has 2 fully saturated rings. The molecule has 18 nitrogen and oxygen atoms in total. The van der Waals surface area contributed by atoms with Gasteiger partial charge < -0.3 is 59.6 Å². The van der Waals surface area contributed by atoms with Gasteiger partial charge in [-0.15, -0.1) is 23.2 Å². The average Bonchev–Trinajstić information content (AvgIpc) is 1.62. The summed E-state index contributed by atoms with van der Waals surface area (Å²) in [5.41, 5.74) is 3.92. The molecule has 2 N–H and O–H groups in total. The Balaban J connectivity index is 0.000000639. The predicted octanol–water partition coefficient (Wildman–Crippen LogP) is 6.33. The number of carbonyl (C=O) groups is 4. The summed E-state index contributed by atoms with van der Waals surface area (Å²) in [6, 6.07) is 22.0. The van der Waals surface area contributed by atoms with Gasteiger partial charge in [0, 0.05) is 75.1 Å². The Labute approximate surface area is 617 Å². The van der Waals surface area contributed by atoms with Gasteiger partial charge in [-0.1, -0.05) is 26.2 Å². The van der Waals surface area contributed by atoms with Crippen molar-refractivity contribution in [2.45, 2.75) is 77.6 Å². The summed E-state index contributed by atoms with van der Waals surface area (Å²) in [6.45, 7) is 9.36. The predicted molar refractivity (Wildman–Crippen MR) is 320 cm³/mol. The molecule has 7 aromatic rings. The number of rotatable bonds is 20. The number of methoxy groups -OCH3 is 3. The monoisotopic (exact) mass is 1360 g/mol. The molecule has 86 heavy (non-hydrogen) atoms. The van der Waals surface area contributed by atoms with Gasteiger partial charge in [0.05, 0.1) is 58.1 Å². The number of aromatic nitrogens is 2. The van der Waals surface area contributed by atoms with E-state index in [1.807, 2.05) is 0 Å². The summed E-state index contributed by atoms with van der Waals surface area (Å²) in [5, 5.41) is 32.2. The van der Waals surface area contributed by atoms with Crippen molar-refractivity contribution in [3.05, 3.63) is 131 Å². The van der Waals surface area contributed by atoms with Gasteiger partial charge in [0.15, 0.2) is 63.0 Å². The number of likely N-dealkylation sites (tertiary alicyclic amines) is 1. The van der Waals surface area contributed by atoms with Gasteiger partial charge in [-0.05, 0) is 171 Å². The summed E-state index contributed by atoms with van der Waals surface area (Å²) in [7, 11) is -7.88. The van der Waals surface area contributed by atoms with Gasteiger partial charge in [0.1, 0.15) is 11.6 Å². The Hall–Kier alpha value is -3.61. The quantitative estimate of drug-likeness (QED) is 0.0161. The first-order chi connectivity index (χ1) is 44.0. The Morgan fingerprint density at radius 3 is 1.53 bits per heavy atom. The number of benzene rings is 5. The van der Waals surface area contributed by atoms with Crippen LogP contribution in [0.3, 0.4) is 0 Å². The number of carbonyl (C=O) groups excluding carboxylic acids is 4. The Morgan fingerprint density at radius 2 is 1.12 bits per heavy atom. The molecule has 25 heteroatoms. The number of phenols is 1. The maximum absolute atomic E-state index is 13.4. The van der Waals surface area contributed by atoms with Crippen molar-refractivity contribution in [2.75, 3.05) is 84.1 Å². The van der Waals surface area contributed by atoms with Crippen molar-refractivity contribution in [2.24, 2.45) is 0 Å². The van der Waals surface area contributed by atoms with Crippen LogP contribution in [0.1, 0.15) is 134 Å². The number of hydrogen-bond donors (Lipinski definition) is 2. The SMILES string of the molecule is ClCCCBr.Fc1ccc2c(C3CCNCC3)noc2c1.O=CO[O-].[2H]C([2H])([2H])Oc1cc(C(C)=O)ccc1O.[2H]C([2H])([2H])Oc1cc(C(C)=O)ccc1OCCCCl.[2H]C([2H])([2H])Oc1cc(C(C)=O)ccc1OCCCN1CCC(c2noc3cc(F)ccc23)CC1.[H-].[K+].[K+]. The minimum atomic E-state index is -2.65. The fraction of sp³-hybridized carbons (Fsp3) is 0.410. The van der Waals surface area contributed by atoms with Crippen LogP contribution in [0.5, 0.6) is 34.5 Å². The molecule has 0 saturated carbocycles. The topological polar surface area (TPSA) is 234 Å². The number of alkyl halides is 3.